The Morgan fingerprint density at radius 2 is 1.87 bits per heavy atom. The Balaban J connectivity index is 3.39. The summed E-state index contributed by atoms with van der Waals surface area (Å²) in [5, 5.41) is 14.2. The average Bonchev–Trinajstić information content (AvgIpc) is 2.48. The molecule has 0 heterocycles. The van der Waals surface area contributed by atoms with Crippen LogP contribution in [0.3, 0.4) is 0 Å². The van der Waals surface area contributed by atoms with E-state index in [0.717, 1.165) is 18.9 Å². The second-order valence-corrected chi connectivity index (χ2v) is 7.27. The van der Waals surface area contributed by atoms with Crippen LogP contribution in [-0.2, 0) is 10.0 Å². The van der Waals surface area contributed by atoms with Gasteiger partial charge in [-0.1, -0.05) is 27.2 Å². The summed E-state index contributed by atoms with van der Waals surface area (Å²) in [5.74, 6) is 0. The highest BCUT2D eigenvalue weighted by molar-refractivity contribution is 7.89. The Hall–Kier alpha value is -1.67. The van der Waals surface area contributed by atoms with Gasteiger partial charge in [0.25, 0.3) is 5.69 Å². The summed E-state index contributed by atoms with van der Waals surface area (Å²) in [6.45, 7) is 8.10. The van der Waals surface area contributed by atoms with E-state index in [2.05, 4.69) is 5.32 Å². The van der Waals surface area contributed by atoms with Crippen molar-refractivity contribution in [3.05, 3.63) is 28.3 Å². The molecule has 0 amide bonds. The van der Waals surface area contributed by atoms with E-state index in [-0.39, 0.29) is 16.6 Å². The Bertz CT molecular complexity index is 642. The second kappa shape index (κ2) is 8.26. The van der Waals surface area contributed by atoms with Crippen LogP contribution in [0.4, 0.5) is 11.4 Å². The lowest BCUT2D eigenvalue weighted by molar-refractivity contribution is -0.385. The molecule has 1 aromatic carbocycles. The molecule has 0 fully saturated rings. The zero-order chi connectivity index (χ0) is 17.6. The van der Waals surface area contributed by atoms with E-state index in [1.54, 1.807) is 13.8 Å². The van der Waals surface area contributed by atoms with E-state index >= 15 is 0 Å². The number of hydrogen-bond acceptors (Lipinski definition) is 5. The third-order valence-electron chi connectivity index (χ3n) is 3.62. The Morgan fingerprint density at radius 3 is 2.35 bits per heavy atom. The summed E-state index contributed by atoms with van der Waals surface area (Å²) >= 11 is 0. The largest absolute Gasteiger partial charge is 0.381 e. The van der Waals surface area contributed by atoms with Crippen molar-refractivity contribution in [3.63, 3.8) is 0 Å². The minimum Gasteiger partial charge on any atom is -0.381 e. The highest BCUT2D eigenvalue weighted by Gasteiger charge is 2.27. The molecule has 0 aliphatic heterocycles. The van der Waals surface area contributed by atoms with Crippen molar-refractivity contribution in [1.82, 2.24) is 4.31 Å². The monoisotopic (exact) mass is 343 g/mol. The van der Waals surface area contributed by atoms with E-state index in [4.69, 9.17) is 0 Å². The Morgan fingerprint density at radius 1 is 1.26 bits per heavy atom. The zero-order valence-electron chi connectivity index (χ0n) is 14.1. The maximum Gasteiger partial charge on any atom is 0.270 e. The van der Waals surface area contributed by atoms with Crippen molar-refractivity contribution in [1.29, 1.82) is 0 Å². The summed E-state index contributed by atoms with van der Waals surface area (Å²) in [6, 6.07) is 4.00. The first-order valence-electron chi connectivity index (χ1n) is 7.82. The smallest absolute Gasteiger partial charge is 0.270 e. The molecule has 1 rings (SSSR count). The van der Waals surface area contributed by atoms with Crippen LogP contribution < -0.4 is 5.32 Å². The number of sulfonamides is 1. The van der Waals surface area contributed by atoms with Crippen LogP contribution >= 0.6 is 0 Å². The summed E-state index contributed by atoms with van der Waals surface area (Å²) in [7, 11) is -3.78. The van der Waals surface area contributed by atoms with E-state index < -0.39 is 14.9 Å². The van der Waals surface area contributed by atoms with Gasteiger partial charge in [-0.3, -0.25) is 10.1 Å². The van der Waals surface area contributed by atoms with Crippen molar-refractivity contribution in [2.75, 3.05) is 18.4 Å². The molecule has 0 aliphatic carbocycles. The first-order chi connectivity index (χ1) is 10.8. The minimum atomic E-state index is -3.78. The predicted molar refractivity (Wildman–Crippen MR) is 91.2 cm³/mol. The van der Waals surface area contributed by atoms with Crippen molar-refractivity contribution >= 4 is 21.4 Å². The lowest BCUT2D eigenvalue weighted by Gasteiger charge is -2.22. The number of non-ortho nitro benzene ring substituents is 1. The number of rotatable bonds is 9. The summed E-state index contributed by atoms with van der Waals surface area (Å²) in [6.07, 6.45) is 1.83. The van der Waals surface area contributed by atoms with Gasteiger partial charge in [0.1, 0.15) is 4.90 Å². The third-order valence-corrected chi connectivity index (χ3v) is 5.71. The molecule has 0 radical (unpaired) electrons. The summed E-state index contributed by atoms with van der Waals surface area (Å²) in [4.78, 5) is 10.4. The van der Waals surface area contributed by atoms with Crippen LogP contribution in [0, 0.1) is 10.1 Å². The molecule has 0 bridgehead atoms. The molecule has 0 saturated heterocycles. The van der Waals surface area contributed by atoms with Crippen molar-refractivity contribution in [3.8, 4) is 0 Å². The molecule has 1 unspecified atom stereocenters. The number of nitrogens with zero attached hydrogens (tertiary/aromatic N) is 2. The highest BCUT2D eigenvalue weighted by Crippen LogP contribution is 2.29. The van der Waals surface area contributed by atoms with Crippen LogP contribution in [0.1, 0.15) is 40.5 Å². The third kappa shape index (κ3) is 4.65. The van der Waals surface area contributed by atoms with E-state index in [9.17, 15) is 18.5 Å². The number of hydrogen-bond donors (Lipinski definition) is 1. The lowest BCUT2D eigenvalue weighted by Crippen LogP contribution is -2.31. The Kier molecular flexibility index (Phi) is 6.96. The van der Waals surface area contributed by atoms with E-state index in [0.29, 0.717) is 18.8 Å². The summed E-state index contributed by atoms with van der Waals surface area (Å²) in [5.41, 5.74) is 0.174. The van der Waals surface area contributed by atoms with E-state index in [1.165, 1.54) is 16.4 Å². The van der Waals surface area contributed by atoms with Gasteiger partial charge in [0.15, 0.2) is 0 Å². The molecule has 0 aliphatic rings. The van der Waals surface area contributed by atoms with Gasteiger partial charge in [0.2, 0.25) is 10.0 Å². The topological polar surface area (TPSA) is 92.5 Å². The van der Waals surface area contributed by atoms with Gasteiger partial charge in [0.05, 0.1) is 10.6 Å². The molecule has 7 nitrogen and oxygen atoms in total. The number of nitro benzene ring substituents is 1. The molecule has 23 heavy (non-hydrogen) atoms. The molecule has 0 saturated carbocycles. The standard InChI is InChI=1S/C15H25N3O4S/c1-5-8-12(4)16-14-10-9-13(18(19)20)11-15(14)23(21,22)17(6-2)7-3/h9-12,16H,5-8H2,1-4H3. The Labute approximate surface area is 137 Å². The fraction of sp³-hybridized carbons (Fsp3) is 0.600. The normalized spacial score (nSPS) is 13.1. The number of nitro groups is 1. The van der Waals surface area contributed by atoms with Gasteiger partial charge in [-0.2, -0.15) is 4.31 Å². The van der Waals surface area contributed by atoms with Crippen molar-refractivity contribution < 1.29 is 13.3 Å². The van der Waals surface area contributed by atoms with E-state index in [1.807, 2.05) is 13.8 Å². The summed E-state index contributed by atoms with van der Waals surface area (Å²) < 4.78 is 26.9. The molecule has 8 heteroatoms. The zero-order valence-corrected chi connectivity index (χ0v) is 14.9. The van der Waals surface area contributed by atoms with Crippen LogP contribution in [0.15, 0.2) is 23.1 Å². The molecule has 130 valence electrons. The number of nitrogens with one attached hydrogen (secondary N) is 1. The van der Waals surface area contributed by atoms with Crippen LogP contribution in [0.5, 0.6) is 0 Å². The number of anilines is 1. The van der Waals surface area contributed by atoms with Gasteiger partial charge in [-0.15, -0.1) is 0 Å². The van der Waals surface area contributed by atoms with Gasteiger partial charge in [-0.25, -0.2) is 8.42 Å². The second-order valence-electron chi connectivity index (χ2n) is 5.36. The minimum absolute atomic E-state index is 0.0432. The van der Waals surface area contributed by atoms with Crippen LogP contribution in [-0.4, -0.2) is 36.8 Å². The maximum atomic E-state index is 12.8. The molecular formula is C15H25N3O4S. The van der Waals surface area contributed by atoms with Crippen LogP contribution in [0.25, 0.3) is 0 Å². The maximum absolute atomic E-state index is 12.8. The predicted octanol–water partition coefficient (Wildman–Crippen LogP) is 3.23. The molecule has 1 aromatic rings. The lowest BCUT2D eigenvalue weighted by atomic mass is 10.2. The number of benzene rings is 1. The van der Waals surface area contributed by atoms with Crippen molar-refractivity contribution in [2.24, 2.45) is 0 Å². The SMILES string of the molecule is CCCC(C)Nc1ccc([N+](=O)[O-])cc1S(=O)(=O)N(CC)CC. The molecule has 1 N–H and O–H groups in total. The van der Waals surface area contributed by atoms with Crippen molar-refractivity contribution in [2.45, 2.75) is 51.5 Å². The fourth-order valence-corrected chi connectivity index (χ4v) is 4.06. The van der Waals surface area contributed by atoms with Gasteiger partial charge in [0, 0.05) is 31.3 Å². The fourth-order valence-electron chi connectivity index (χ4n) is 2.43. The average molecular weight is 343 g/mol. The highest BCUT2D eigenvalue weighted by atomic mass is 32.2. The first kappa shape index (κ1) is 19.4. The van der Waals surface area contributed by atoms with Gasteiger partial charge < -0.3 is 5.32 Å². The van der Waals surface area contributed by atoms with Crippen LogP contribution in [0.2, 0.25) is 0 Å². The molecule has 0 spiro atoms. The quantitative estimate of drug-likeness (QED) is 0.549. The molecular weight excluding hydrogens is 318 g/mol. The molecule has 1 atom stereocenters. The van der Waals surface area contributed by atoms with Gasteiger partial charge in [-0.05, 0) is 19.4 Å². The van der Waals surface area contributed by atoms with Gasteiger partial charge >= 0.3 is 0 Å². The first-order valence-corrected chi connectivity index (χ1v) is 9.26. The molecule has 0 aromatic heterocycles.